The molecular formula is C12H18BrN5O2. The van der Waals surface area contributed by atoms with Gasteiger partial charge in [0, 0.05) is 52.2 Å². The fourth-order valence-electron chi connectivity index (χ4n) is 1.95. The summed E-state index contributed by atoms with van der Waals surface area (Å²) in [4.78, 5) is 24.3. The lowest BCUT2D eigenvalue weighted by Crippen LogP contribution is -2.52. The van der Waals surface area contributed by atoms with Crippen molar-refractivity contribution in [1.82, 2.24) is 20.2 Å². The van der Waals surface area contributed by atoms with Gasteiger partial charge in [-0.15, -0.1) is 0 Å². The number of ether oxygens (including phenoxy) is 1. The summed E-state index contributed by atoms with van der Waals surface area (Å²) < 4.78 is 5.76. The molecule has 0 bridgehead atoms. The highest BCUT2D eigenvalue weighted by molar-refractivity contribution is 9.10. The Morgan fingerprint density at radius 1 is 1.35 bits per heavy atom. The highest BCUT2D eigenvalue weighted by atomic mass is 79.9. The summed E-state index contributed by atoms with van der Waals surface area (Å²) >= 11 is 3.31. The molecule has 110 valence electrons. The summed E-state index contributed by atoms with van der Waals surface area (Å²) in [5, 5.41) is 2.82. The van der Waals surface area contributed by atoms with Crippen LogP contribution in [0.2, 0.25) is 0 Å². The van der Waals surface area contributed by atoms with Gasteiger partial charge in [-0.25, -0.2) is 14.8 Å². The monoisotopic (exact) mass is 343 g/mol. The Morgan fingerprint density at radius 3 is 2.60 bits per heavy atom. The molecule has 0 saturated carbocycles. The third-order valence-electron chi connectivity index (χ3n) is 3.04. The third kappa shape index (κ3) is 4.04. The molecule has 2 amide bonds. The number of amides is 2. The number of anilines is 1. The van der Waals surface area contributed by atoms with Gasteiger partial charge in [-0.05, 0) is 15.9 Å². The van der Waals surface area contributed by atoms with Gasteiger partial charge in [0.15, 0.2) is 0 Å². The van der Waals surface area contributed by atoms with Crippen LogP contribution < -0.4 is 10.2 Å². The van der Waals surface area contributed by atoms with Gasteiger partial charge >= 0.3 is 6.03 Å². The number of halogens is 1. The van der Waals surface area contributed by atoms with Crippen LogP contribution in [-0.4, -0.2) is 67.3 Å². The van der Waals surface area contributed by atoms with Crippen LogP contribution in [0.1, 0.15) is 0 Å². The normalized spacial score (nSPS) is 15.3. The summed E-state index contributed by atoms with van der Waals surface area (Å²) in [6, 6.07) is -0.0431. The van der Waals surface area contributed by atoms with Crippen LogP contribution >= 0.6 is 15.9 Å². The molecule has 0 radical (unpaired) electrons. The Bertz CT molecular complexity index is 434. The number of carbonyl (C=O) groups excluding carboxylic acids is 1. The van der Waals surface area contributed by atoms with E-state index in [0.29, 0.717) is 32.2 Å². The van der Waals surface area contributed by atoms with E-state index in [9.17, 15) is 4.79 Å². The number of hydrogen-bond acceptors (Lipinski definition) is 5. The second-order valence-corrected chi connectivity index (χ2v) is 5.32. The summed E-state index contributed by atoms with van der Waals surface area (Å²) in [6.07, 6.45) is 3.46. The molecule has 2 heterocycles. The number of hydrogen-bond donors (Lipinski definition) is 1. The summed E-state index contributed by atoms with van der Waals surface area (Å²) in [5.41, 5.74) is 0. The van der Waals surface area contributed by atoms with Crippen LogP contribution in [0.5, 0.6) is 0 Å². The quantitative estimate of drug-likeness (QED) is 0.815. The Labute approximate surface area is 126 Å². The number of rotatable bonds is 4. The average molecular weight is 344 g/mol. The zero-order valence-corrected chi connectivity index (χ0v) is 13.0. The molecule has 1 aromatic heterocycles. The number of nitrogens with zero attached hydrogens (tertiary/aromatic N) is 4. The van der Waals surface area contributed by atoms with Gasteiger partial charge in [-0.3, -0.25) is 0 Å². The Morgan fingerprint density at radius 2 is 2.00 bits per heavy atom. The number of nitrogens with one attached hydrogen (secondary N) is 1. The highest BCUT2D eigenvalue weighted by Crippen LogP contribution is 2.13. The van der Waals surface area contributed by atoms with Crippen molar-refractivity contribution in [3.63, 3.8) is 0 Å². The van der Waals surface area contributed by atoms with Crippen molar-refractivity contribution in [2.24, 2.45) is 0 Å². The van der Waals surface area contributed by atoms with Crippen molar-refractivity contribution in [3.8, 4) is 0 Å². The molecule has 0 atom stereocenters. The number of carbonyl (C=O) groups is 1. The van der Waals surface area contributed by atoms with Crippen molar-refractivity contribution in [2.75, 3.05) is 51.3 Å². The highest BCUT2D eigenvalue weighted by Gasteiger charge is 2.22. The molecule has 0 aromatic carbocycles. The van der Waals surface area contributed by atoms with E-state index in [1.54, 1.807) is 24.4 Å². The van der Waals surface area contributed by atoms with Crippen molar-refractivity contribution in [3.05, 3.63) is 16.9 Å². The summed E-state index contributed by atoms with van der Waals surface area (Å²) in [5.74, 6) is 0.702. The van der Waals surface area contributed by atoms with E-state index >= 15 is 0 Å². The van der Waals surface area contributed by atoms with E-state index in [2.05, 4.69) is 36.1 Å². The minimum absolute atomic E-state index is 0.0431. The molecule has 1 aliphatic heterocycles. The van der Waals surface area contributed by atoms with E-state index in [1.165, 1.54) is 0 Å². The first kappa shape index (κ1) is 15.0. The average Bonchev–Trinajstić information content (AvgIpc) is 2.48. The lowest BCUT2D eigenvalue weighted by Gasteiger charge is -2.34. The molecule has 20 heavy (non-hydrogen) atoms. The number of methoxy groups -OCH3 is 1. The molecule has 1 saturated heterocycles. The maximum Gasteiger partial charge on any atom is 0.317 e. The van der Waals surface area contributed by atoms with Crippen LogP contribution in [0.25, 0.3) is 0 Å². The molecule has 1 fully saturated rings. The van der Waals surface area contributed by atoms with E-state index in [0.717, 1.165) is 17.6 Å². The molecule has 0 aliphatic carbocycles. The number of urea groups is 1. The van der Waals surface area contributed by atoms with Gasteiger partial charge in [0.25, 0.3) is 0 Å². The van der Waals surface area contributed by atoms with Crippen molar-refractivity contribution in [2.45, 2.75) is 0 Å². The predicted octanol–water partition coefficient (Wildman–Crippen LogP) is 0.717. The van der Waals surface area contributed by atoms with Crippen LogP contribution in [0.15, 0.2) is 16.9 Å². The second-order valence-electron chi connectivity index (χ2n) is 4.40. The largest absolute Gasteiger partial charge is 0.383 e. The van der Waals surface area contributed by atoms with Gasteiger partial charge in [0.1, 0.15) is 0 Å². The molecule has 1 N–H and O–H groups in total. The molecular weight excluding hydrogens is 326 g/mol. The molecule has 2 rings (SSSR count). The van der Waals surface area contributed by atoms with Crippen molar-refractivity contribution in [1.29, 1.82) is 0 Å². The van der Waals surface area contributed by atoms with Gasteiger partial charge in [0.2, 0.25) is 5.95 Å². The smallest absolute Gasteiger partial charge is 0.317 e. The number of aromatic nitrogens is 2. The fourth-order valence-corrected chi connectivity index (χ4v) is 2.15. The molecule has 1 aliphatic rings. The summed E-state index contributed by atoms with van der Waals surface area (Å²) in [6.45, 7) is 3.86. The van der Waals surface area contributed by atoms with Gasteiger partial charge in [0.05, 0.1) is 11.1 Å². The maximum absolute atomic E-state index is 11.9. The van der Waals surface area contributed by atoms with E-state index in [-0.39, 0.29) is 6.03 Å². The minimum atomic E-state index is -0.0431. The van der Waals surface area contributed by atoms with Crippen molar-refractivity contribution < 1.29 is 9.53 Å². The van der Waals surface area contributed by atoms with Crippen LogP contribution in [0.4, 0.5) is 10.7 Å². The predicted molar refractivity (Wildman–Crippen MR) is 78.8 cm³/mol. The maximum atomic E-state index is 11.9. The first-order valence-electron chi connectivity index (χ1n) is 6.45. The van der Waals surface area contributed by atoms with Crippen LogP contribution in [-0.2, 0) is 4.74 Å². The van der Waals surface area contributed by atoms with E-state index < -0.39 is 0 Å². The van der Waals surface area contributed by atoms with Crippen LogP contribution in [0, 0.1) is 0 Å². The van der Waals surface area contributed by atoms with Crippen molar-refractivity contribution >= 4 is 27.9 Å². The standard InChI is InChI=1S/C12H18BrN5O2/c1-20-7-2-14-12(19)18-5-3-17(4-6-18)11-15-8-10(13)9-16-11/h8-9H,2-7H2,1H3,(H,14,19). The van der Waals surface area contributed by atoms with E-state index in [1.807, 2.05) is 0 Å². The fraction of sp³-hybridized carbons (Fsp3) is 0.583. The van der Waals surface area contributed by atoms with Crippen LogP contribution in [0.3, 0.4) is 0 Å². The lowest BCUT2D eigenvalue weighted by atomic mass is 10.3. The third-order valence-corrected chi connectivity index (χ3v) is 3.45. The Kier molecular flexibility index (Phi) is 5.54. The molecule has 0 unspecified atom stereocenters. The number of piperazine rings is 1. The first-order valence-corrected chi connectivity index (χ1v) is 7.24. The summed E-state index contributed by atoms with van der Waals surface area (Å²) in [7, 11) is 1.61. The SMILES string of the molecule is COCCNC(=O)N1CCN(c2ncc(Br)cn2)CC1. The zero-order chi connectivity index (χ0) is 14.4. The van der Waals surface area contributed by atoms with Gasteiger partial charge in [-0.2, -0.15) is 0 Å². The van der Waals surface area contributed by atoms with Gasteiger partial charge in [-0.1, -0.05) is 0 Å². The van der Waals surface area contributed by atoms with Gasteiger partial charge < -0.3 is 19.9 Å². The first-order chi connectivity index (χ1) is 9.70. The zero-order valence-electron chi connectivity index (χ0n) is 11.4. The van der Waals surface area contributed by atoms with E-state index in [4.69, 9.17) is 4.74 Å². The Hall–Kier alpha value is -1.41. The molecule has 8 heteroatoms. The molecule has 1 aromatic rings. The molecule has 7 nitrogen and oxygen atoms in total. The topological polar surface area (TPSA) is 70.6 Å². The lowest BCUT2D eigenvalue weighted by molar-refractivity contribution is 0.177. The molecule has 0 spiro atoms. The second kappa shape index (κ2) is 7.39. The minimum Gasteiger partial charge on any atom is -0.383 e. The Balaban J connectivity index is 1.80.